The number of hydrogen-bond donors (Lipinski definition) is 4. The van der Waals surface area contributed by atoms with Crippen LogP contribution in [0.25, 0.3) is 0 Å². The maximum Gasteiger partial charge on any atom is 0.278 e. The number of carbonyl (C=O) groups is 2. The Balaban J connectivity index is 2.01. The minimum atomic E-state index is -2.09. The first-order valence-corrected chi connectivity index (χ1v) is 8.32. The fraction of sp³-hybridized carbons (Fsp3) is 0.750. The number of rotatable bonds is 3. The third-order valence-electron chi connectivity index (χ3n) is 5.14. The first kappa shape index (κ1) is 19.2. The Morgan fingerprint density at radius 2 is 1.85 bits per heavy atom. The molecule has 26 heavy (non-hydrogen) atoms. The fourth-order valence-corrected chi connectivity index (χ4v) is 3.73. The predicted molar refractivity (Wildman–Crippen MR) is 86.5 cm³/mol. The number of hydroxylamine groups is 2. The van der Waals surface area contributed by atoms with Crippen molar-refractivity contribution in [1.29, 1.82) is 0 Å². The van der Waals surface area contributed by atoms with Gasteiger partial charge < -0.3 is 35.2 Å². The highest BCUT2D eigenvalue weighted by Crippen LogP contribution is 2.40. The van der Waals surface area contributed by atoms with Gasteiger partial charge in [-0.15, -0.1) is 0 Å². The van der Waals surface area contributed by atoms with Crippen molar-refractivity contribution in [3.63, 3.8) is 0 Å². The Labute approximate surface area is 151 Å². The van der Waals surface area contributed by atoms with Crippen molar-refractivity contribution in [2.24, 2.45) is 0 Å². The molecule has 4 atom stereocenters. The number of likely N-dealkylation sites (N-methyl/N-ethyl adjacent to an activating group) is 1. The van der Waals surface area contributed by atoms with Crippen LogP contribution in [-0.2, 0) is 23.8 Å². The van der Waals surface area contributed by atoms with Crippen LogP contribution >= 0.6 is 0 Å². The predicted octanol–water partition coefficient (Wildman–Crippen LogP) is -1.17. The molecule has 0 aromatic heterocycles. The maximum atomic E-state index is 13.0. The zero-order chi connectivity index (χ0) is 19.5. The first-order chi connectivity index (χ1) is 11.9. The molecule has 4 aliphatic heterocycles. The number of aliphatic hydroxyl groups excluding tert-OH is 1. The molecule has 10 heteroatoms. The smallest absolute Gasteiger partial charge is 0.278 e. The lowest BCUT2D eigenvalue weighted by Gasteiger charge is -2.52. The Morgan fingerprint density at radius 3 is 2.38 bits per heavy atom. The summed E-state index contributed by atoms with van der Waals surface area (Å²) in [5, 5.41) is 26.5. The monoisotopic (exact) mass is 371 g/mol. The molecule has 4 heterocycles. The normalized spacial score (nSPS) is 40.8. The van der Waals surface area contributed by atoms with Crippen LogP contribution in [0.1, 0.15) is 27.2 Å². The second-order valence-electron chi connectivity index (χ2n) is 7.59. The van der Waals surface area contributed by atoms with Gasteiger partial charge in [-0.05, 0) is 32.8 Å². The van der Waals surface area contributed by atoms with Gasteiger partial charge in [0.2, 0.25) is 5.66 Å². The number of amides is 2. The summed E-state index contributed by atoms with van der Waals surface area (Å²) in [5.41, 5.74) is -4.98. The van der Waals surface area contributed by atoms with Gasteiger partial charge in [-0.1, -0.05) is 6.58 Å². The van der Waals surface area contributed by atoms with Gasteiger partial charge >= 0.3 is 0 Å². The Kier molecular flexibility index (Phi) is 4.22. The number of nitrogens with zero attached hydrogens (tertiary/aromatic N) is 1. The van der Waals surface area contributed by atoms with Crippen molar-refractivity contribution in [3.8, 4) is 0 Å². The molecule has 10 nitrogen and oxygen atoms in total. The van der Waals surface area contributed by atoms with Crippen LogP contribution < -0.4 is 10.6 Å². The fourth-order valence-electron chi connectivity index (χ4n) is 3.73. The molecule has 146 valence electrons. The molecular weight excluding hydrogens is 346 g/mol. The van der Waals surface area contributed by atoms with Gasteiger partial charge in [0.25, 0.3) is 17.5 Å². The van der Waals surface area contributed by atoms with E-state index in [1.54, 1.807) is 20.8 Å². The summed E-state index contributed by atoms with van der Waals surface area (Å²) in [5.74, 6) is -2.56. The minimum absolute atomic E-state index is 0.000483. The SMILES string of the molecule is C=C1CCO[C@]2([C@@H](O)[C@@]3(C)COC(C)(C)O3)NC(=O)[C@@]1(N(C)O)NC2=O. The quantitative estimate of drug-likeness (QED) is 0.361. The Bertz CT molecular complexity index is 666. The molecular formula is C16H25N3O7. The molecule has 0 spiro atoms. The first-order valence-electron chi connectivity index (χ1n) is 8.32. The van der Waals surface area contributed by atoms with E-state index in [1.165, 1.54) is 7.05 Å². The van der Waals surface area contributed by atoms with Crippen LogP contribution in [0.15, 0.2) is 12.2 Å². The zero-order valence-corrected chi connectivity index (χ0v) is 15.3. The minimum Gasteiger partial charge on any atom is -0.384 e. The van der Waals surface area contributed by atoms with Gasteiger partial charge in [-0.2, -0.15) is 5.06 Å². The van der Waals surface area contributed by atoms with Gasteiger partial charge in [0, 0.05) is 7.05 Å². The Morgan fingerprint density at radius 1 is 1.19 bits per heavy atom. The third kappa shape index (κ3) is 2.48. The number of aliphatic hydroxyl groups is 1. The lowest BCUT2D eigenvalue weighted by Crippen LogP contribution is -2.84. The second-order valence-corrected chi connectivity index (χ2v) is 7.59. The largest absolute Gasteiger partial charge is 0.384 e. The van der Waals surface area contributed by atoms with Crippen molar-refractivity contribution in [3.05, 3.63) is 12.2 Å². The molecule has 0 aromatic carbocycles. The summed E-state index contributed by atoms with van der Waals surface area (Å²) in [6.07, 6.45) is -1.39. The van der Waals surface area contributed by atoms with E-state index in [4.69, 9.17) is 14.2 Å². The summed E-state index contributed by atoms with van der Waals surface area (Å²) in [4.78, 5) is 25.8. The number of carbonyl (C=O) groups excluding carboxylic acids is 2. The summed E-state index contributed by atoms with van der Waals surface area (Å²) in [7, 11) is 1.23. The molecule has 4 rings (SSSR count). The molecule has 0 saturated carbocycles. The van der Waals surface area contributed by atoms with E-state index in [0.29, 0.717) is 5.06 Å². The van der Waals surface area contributed by atoms with Crippen molar-refractivity contribution < 1.29 is 34.1 Å². The molecule has 2 bridgehead atoms. The zero-order valence-electron chi connectivity index (χ0n) is 15.3. The number of piperazine rings is 1. The topological polar surface area (TPSA) is 130 Å². The van der Waals surface area contributed by atoms with Crippen molar-refractivity contribution in [2.75, 3.05) is 20.3 Å². The molecule has 0 radical (unpaired) electrons. The summed E-state index contributed by atoms with van der Waals surface area (Å²) < 4.78 is 17.0. The maximum absolute atomic E-state index is 13.0. The standard InChI is InChI=1S/C16H25N3O7/c1-9-6-7-24-16(10(20)14(4)8-25-13(2,3)26-14)12(22)17-15(9,19(5)23)11(21)18-16/h10,20,23H,1,6-8H2,2-5H3,(H,17,22)(H,18,21)/t10-,14+,15+,16-/m0/s1. The number of nitrogens with one attached hydrogen (secondary N) is 2. The van der Waals surface area contributed by atoms with Gasteiger partial charge in [-0.3, -0.25) is 9.59 Å². The average Bonchev–Trinajstić information content (AvgIpc) is 2.82. The van der Waals surface area contributed by atoms with Gasteiger partial charge in [0.05, 0.1) is 13.2 Å². The van der Waals surface area contributed by atoms with Gasteiger partial charge in [0.1, 0.15) is 11.7 Å². The molecule has 4 N–H and O–H groups in total. The van der Waals surface area contributed by atoms with Crippen molar-refractivity contribution in [2.45, 2.75) is 56.1 Å². The highest BCUT2D eigenvalue weighted by Gasteiger charge is 2.66. The molecule has 0 aromatic rings. The molecule has 0 unspecified atom stereocenters. The van der Waals surface area contributed by atoms with Crippen molar-refractivity contribution >= 4 is 11.8 Å². The molecule has 4 fully saturated rings. The summed E-state index contributed by atoms with van der Waals surface area (Å²) in [6.45, 7) is 8.70. The summed E-state index contributed by atoms with van der Waals surface area (Å²) in [6, 6.07) is 0. The van der Waals surface area contributed by atoms with E-state index in [1.807, 2.05) is 0 Å². The van der Waals surface area contributed by atoms with Crippen molar-refractivity contribution in [1.82, 2.24) is 15.7 Å². The van der Waals surface area contributed by atoms with Gasteiger partial charge in [0.15, 0.2) is 5.79 Å². The van der Waals surface area contributed by atoms with Gasteiger partial charge in [-0.25, -0.2) is 0 Å². The molecule has 0 aliphatic carbocycles. The molecule has 4 aliphatic rings. The molecule has 4 saturated heterocycles. The highest BCUT2D eigenvalue weighted by atomic mass is 16.8. The van der Waals surface area contributed by atoms with E-state index < -0.39 is 40.7 Å². The van der Waals surface area contributed by atoms with Crippen LogP contribution in [0.3, 0.4) is 0 Å². The average molecular weight is 371 g/mol. The second kappa shape index (κ2) is 5.72. The Hall–Kier alpha value is -1.56. The number of fused-ring (bicyclic) bond motifs is 5. The summed E-state index contributed by atoms with van der Waals surface area (Å²) >= 11 is 0. The lowest BCUT2D eigenvalue weighted by molar-refractivity contribution is -0.246. The van der Waals surface area contributed by atoms with E-state index in [9.17, 15) is 19.9 Å². The number of hydrogen-bond acceptors (Lipinski definition) is 8. The van der Waals surface area contributed by atoms with E-state index >= 15 is 0 Å². The van der Waals surface area contributed by atoms with E-state index in [2.05, 4.69) is 17.2 Å². The third-order valence-corrected chi connectivity index (χ3v) is 5.14. The van der Waals surface area contributed by atoms with Crippen LogP contribution in [0.4, 0.5) is 0 Å². The molecule has 2 amide bonds. The lowest BCUT2D eigenvalue weighted by atomic mass is 9.84. The van der Waals surface area contributed by atoms with Crippen LogP contribution in [0, 0.1) is 0 Å². The van der Waals surface area contributed by atoms with E-state index in [0.717, 1.165) is 0 Å². The van der Waals surface area contributed by atoms with E-state index in [-0.39, 0.29) is 25.2 Å². The van der Waals surface area contributed by atoms with Crippen LogP contribution in [0.5, 0.6) is 0 Å². The number of ether oxygens (including phenoxy) is 3. The van der Waals surface area contributed by atoms with Crippen LogP contribution in [0.2, 0.25) is 0 Å². The van der Waals surface area contributed by atoms with Crippen LogP contribution in [-0.4, -0.2) is 76.3 Å². The highest BCUT2D eigenvalue weighted by molar-refractivity contribution is 6.03.